The minimum Gasteiger partial charge on any atom is -0.335 e. The van der Waals surface area contributed by atoms with Crippen LogP contribution in [0.25, 0.3) is 0 Å². The topological polar surface area (TPSA) is 49.8 Å². The average Bonchev–Trinajstić information content (AvgIpc) is 2.53. The Morgan fingerprint density at radius 3 is 2.25 bits per heavy atom. The highest BCUT2D eigenvalue weighted by atomic mass is 19.1. The van der Waals surface area contributed by atoms with Crippen LogP contribution in [0.3, 0.4) is 0 Å². The zero-order valence-electron chi connectivity index (χ0n) is 13.3. The maximum Gasteiger partial charge on any atom is 0.229 e. The van der Waals surface area contributed by atoms with E-state index in [1.54, 1.807) is 13.0 Å². The van der Waals surface area contributed by atoms with E-state index in [9.17, 15) is 8.78 Å². The molecule has 2 aromatic carbocycles. The lowest BCUT2D eigenvalue weighted by molar-refractivity contribution is 0.590. The maximum absolute atomic E-state index is 13.8. The number of halogens is 2. The molecular weight excluding hydrogens is 310 g/mol. The number of anilines is 4. The van der Waals surface area contributed by atoms with Crippen molar-refractivity contribution in [1.82, 2.24) is 9.97 Å². The van der Waals surface area contributed by atoms with E-state index >= 15 is 0 Å². The molecule has 1 aromatic heterocycles. The molecule has 1 heterocycles. The van der Waals surface area contributed by atoms with E-state index in [1.807, 2.05) is 31.2 Å². The van der Waals surface area contributed by atoms with Gasteiger partial charge in [-0.15, -0.1) is 0 Å². The molecule has 0 amide bonds. The van der Waals surface area contributed by atoms with Crippen LogP contribution in [0.1, 0.15) is 11.3 Å². The molecule has 0 atom stereocenters. The van der Waals surface area contributed by atoms with Crippen LogP contribution in [0.4, 0.5) is 31.9 Å². The summed E-state index contributed by atoms with van der Waals surface area (Å²) >= 11 is 0. The highest BCUT2D eigenvalue weighted by molar-refractivity contribution is 5.62. The van der Waals surface area contributed by atoms with Gasteiger partial charge in [0.2, 0.25) is 5.95 Å². The molecule has 0 saturated heterocycles. The lowest BCUT2D eigenvalue weighted by Crippen LogP contribution is -2.04. The summed E-state index contributed by atoms with van der Waals surface area (Å²) in [7, 11) is 0. The molecule has 4 nitrogen and oxygen atoms in total. The number of aryl methyl sites for hydroxylation is 2. The van der Waals surface area contributed by atoms with Crippen molar-refractivity contribution in [3.63, 3.8) is 0 Å². The maximum atomic E-state index is 13.8. The fourth-order valence-corrected chi connectivity index (χ4v) is 2.27. The monoisotopic (exact) mass is 326 g/mol. The van der Waals surface area contributed by atoms with Gasteiger partial charge in [-0.05, 0) is 37.6 Å². The van der Waals surface area contributed by atoms with Crippen LogP contribution in [0.2, 0.25) is 0 Å². The molecule has 2 N–H and O–H groups in total. The molecule has 3 rings (SSSR count). The van der Waals surface area contributed by atoms with Crippen molar-refractivity contribution in [3.8, 4) is 0 Å². The van der Waals surface area contributed by atoms with Crippen LogP contribution in [0, 0.1) is 25.5 Å². The molecule has 0 fully saturated rings. The second-order valence-electron chi connectivity index (χ2n) is 5.38. The van der Waals surface area contributed by atoms with E-state index in [0.717, 1.165) is 11.3 Å². The van der Waals surface area contributed by atoms with Crippen LogP contribution in [-0.2, 0) is 0 Å². The highest BCUT2D eigenvalue weighted by Gasteiger charge is 2.11. The number of hydrogen-bond donors (Lipinski definition) is 2. The van der Waals surface area contributed by atoms with E-state index < -0.39 is 11.6 Å². The normalized spacial score (nSPS) is 10.5. The molecule has 0 aliphatic rings. The Balaban J connectivity index is 1.91. The summed E-state index contributed by atoms with van der Waals surface area (Å²) in [6.07, 6.45) is 0. The van der Waals surface area contributed by atoms with Crippen LogP contribution in [0.15, 0.2) is 48.5 Å². The number of nitrogens with one attached hydrogen (secondary N) is 2. The average molecular weight is 326 g/mol. The minimum absolute atomic E-state index is 0.238. The third kappa shape index (κ3) is 3.48. The van der Waals surface area contributed by atoms with E-state index in [2.05, 4.69) is 20.6 Å². The third-order valence-corrected chi connectivity index (χ3v) is 3.46. The van der Waals surface area contributed by atoms with Gasteiger partial charge < -0.3 is 10.6 Å². The Kier molecular flexibility index (Phi) is 4.37. The smallest absolute Gasteiger partial charge is 0.229 e. The standard InChI is InChI=1S/C18H16F2N4/c1-11-6-3-4-9-15(11)22-18-21-12(2)10-16(24-18)23-17-13(19)7-5-8-14(17)20/h3-10H,1-2H3,(H2,21,22,23,24). The summed E-state index contributed by atoms with van der Waals surface area (Å²) in [4.78, 5) is 8.59. The van der Waals surface area contributed by atoms with Gasteiger partial charge in [0, 0.05) is 17.4 Å². The molecule has 0 radical (unpaired) electrons. The summed E-state index contributed by atoms with van der Waals surface area (Å²) in [6, 6.07) is 13.0. The molecule has 0 aliphatic carbocycles. The summed E-state index contributed by atoms with van der Waals surface area (Å²) in [6.45, 7) is 3.75. The Hall–Kier alpha value is -3.02. The van der Waals surface area contributed by atoms with Crippen molar-refractivity contribution in [1.29, 1.82) is 0 Å². The molecule has 6 heteroatoms. The number of benzene rings is 2. The SMILES string of the molecule is Cc1cc(Nc2c(F)cccc2F)nc(Nc2ccccc2C)n1. The lowest BCUT2D eigenvalue weighted by Gasteiger charge is -2.12. The third-order valence-electron chi connectivity index (χ3n) is 3.46. The summed E-state index contributed by atoms with van der Waals surface area (Å²) in [5, 5.41) is 5.80. The predicted molar refractivity (Wildman–Crippen MR) is 90.9 cm³/mol. The van der Waals surface area contributed by atoms with Crippen molar-refractivity contribution in [2.24, 2.45) is 0 Å². The number of rotatable bonds is 4. The van der Waals surface area contributed by atoms with Gasteiger partial charge in [0.25, 0.3) is 0 Å². The summed E-state index contributed by atoms with van der Waals surface area (Å²) in [5.41, 5.74) is 2.33. The van der Waals surface area contributed by atoms with Crippen molar-refractivity contribution >= 4 is 23.1 Å². The lowest BCUT2D eigenvalue weighted by atomic mass is 10.2. The number of hydrogen-bond acceptors (Lipinski definition) is 4. The molecule has 0 bridgehead atoms. The first-order valence-electron chi connectivity index (χ1n) is 7.42. The fourth-order valence-electron chi connectivity index (χ4n) is 2.27. The minimum atomic E-state index is -0.681. The van der Waals surface area contributed by atoms with Gasteiger partial charge in [-0.2, -0.15) is 4.98 Å². The number of para-hydroxylation sites is 2. The first-order chi connectivity index (χ1) is 11.5. The Labute approximate surface area is 138 Å². The summed E-state index contributed by atoms with van der Waals surface area (Å²) in [5.74, 6) is -0.703. The second kappa shape index (κ2) is 6.62. The predicted octanol–water partition coefficient (Wildman–Crippen LogP) is 4.86. The van der Waals surface area contributed by atoms with Gasteiger partial charge in [-0.1, -0.05) is 24.3 Å². The largest absolute Gasteiger partial charge is 0.335 e. The number of aromatic nitrogens is 2. The van der Waals surface area contributed by atoms with Gasteiger partial charge in [-0.3, -0.25) is 0 Å². The van der Waals surface area contributed by atoms with Crippen molar-refractivity contribution in [2.45, 2.75) is 13.8 Å². The molecule has 0 saturated carbocycles. The molecule has 24 heavy (non-hydrogen) atoms. The van der Waals surface area contributed by atoms with Gasteiger partial charge in [0.05, 0.1) is 0 Å². The second-order valence-corrected chi connectivity index (χ2v) is 5.38. The van der Waals surface area contributed by atoms with Crippen molar-refractivity contribution in [3.05, 3.63) is 71.4 Å². The van der Waals surface area contributed by atoms with Crippen LogP contribution in [0.5, 0.6) is 0 Å². The molecular formula is C18H16F2N4. The van der Waals surface area contributed by atoms with Crippen molar-refractivity contribution < 1.29 is 8.78 Å². The molecule has 0 aliphatic heterocycles. The van der Waals surface area contributed by atoms with Gasteiger partial charge in [-0.25, -0.2) is 13.8 Å². The van der Waals surface area contributed by atoms with Gasteiger partial charge in [0.1, 0.15) is 23.1 Å². The molecule has 3 aromatic rings. The zero-order chi connectivity index (χ0) is 17.1. The highest BCUT2D eigenvalue weighted by Crippen LogP contribution is 2.24. The summed E-state index contributed by atoms with van der Waals surface area (Å²) < 4.78 is 27.6. The Morgan fingerprint density at radius 2 is 1.54 bits per heavy atom. The first kappa shape index (κ1) is 15.9. The Morgan fingerprint density at radius 1 is 0.833 bits per heavy atom. The van der Waals surface area contributed by atoms with Gasteiger partial charge >= 0.3 is 0 Å². The van der Waals surface area contributed by atoms with Crippen LogP contribution < -0.4 is 10.6 Å². The van der Waals surface area contributed by atoms with Crippen LogP contribution >= 0.6 is 0 Å². The Bertz CT molecular complexity index is 860. The van der Waals surface area contributed by atoms with Gasteiger partial charge in [0.15, 0.2) is 0 Å². The van der Waals surface area contributed by atoms with Crippen LogP contribution in [-0.4, -0.2) is 9.97 Å². The fraction of sp³-hybridized carbons (Fsp3) is 0.111. The van der Waals surface area contributed by atoms with E-state index in [4.69, 9.17) is 0 Å². The molecule has 0 unspecified atom stereocenters. The van der Waals surface area contributed by atoms with E-state index in [0.29, 0.717) is 17.5 Å². The quantitative estimate of drug-likeness (QED) is 0.719. The number of nitrogens with zero attached hydrogens (tertiary/aromatic N) is 2. The molecule has 122 valence electrons. The van der Waals surface area contributed by atoms with E-state index in [-0.39, 0.29) is 5.69 Å². The zero-order valence-corrected chi connectivity index (χ0v) is 13.3. The van der Waals surface area contributed by atoms with Crippen molar-refractivity contribution in [2.75, 3.05) is 10.6 Å². The van der Waals surface area contributed by atoms with E-state index in [1.165, 1.54) is 18.2 Å². The first-order valence-corrected chi connectivity index (χ1v) is 7.42. The molecule has 0 spiro atoms.